The summed E-state index contributed by atoms with van der Waals surface area (Å²) in [6, 6.07) is 14.1. The van der Waals surface area contributed by atoms with E-state index in [0.717, 1.165) is 30.5 Å². The summed E-state index contributed by atoms with van der Waals surface area (Å²) in [5.41, 5.74) is 7.29. The number of carbonyl (C=O) groups excluding carboxylic acids is 1. The Morgan fingerprint density at radius 3 is 2.62 bits per heavy atom. The monoisotopic (exact) mass is 440 g/mol. The van der Waals surface area contributed by atoms with Crippen LogP contribution in [0.5, 0.6) is 0 Å². The van der Waals surface area contributed by atoms with Gasteiger partial charge in [0.1, 0.15) is 0 Å². The van der Waals surface area contributed by atoms with E-state index in [2.05, 4.69) is 9.97 Å². The van der Waals surface area contributed by atoms with Gasteiger partial charge in [0.25, 0.3) is 0 Å². The minimum absolute atomic E-state index is 0.0248. The first kappa shape index (κ1) is 21.8. The normalized spacial score (nSPS) is 16.7. The molecule has 0 bridgehead atoms. The van der Waals surface area contributed by atoms with Crippen LogP contribution in [0.25, 0.3) is 11.1 Å². The summed E-state index contributed by atoms with van der Waals surface area (Å²) in [4.78, 5) is 23.4. The zero-order valence-electron chi connectivity index (χ0n) is 17.3. The van der Waals surface area contributed by atoms with Gasteiger partial charge in [-0.3, -0.25) is 4.79 Å². The summed E-state index contributed by atoms with van der Waals surface area (Å²) in [5.74, 6) is -0.0233. The highest BCUT2D eigenvalue weighted by Gasteiger charge is 2.33. The minimum atomic E-state index is -4.46. The first-order chi connectivity index (χ1) is 15.3. The predicted octanol–water partition coefficient (Wildman–Crippen LogP) is 5.04. The maximum Gasteiger partial charge on any atom is 0.416 e. The van der Waals surface area contributed by atoms with Crippen LogP contribution in [0.2, 0.25) is 0 Å². The molecule has 1 amide bonds. The van der Waals surface area contributed by atoms with Crippen LogP contribution < -0.4 is 5.73 Å². The zero-order valence-corrected chi connectivity index (χ0v) is 17.3. The second-order valence-corrected chi connectivity index (χ2v) is 7.87. The van der Waals surface area contributed by atoms with Gasteiger partial charge in [0.2, 0.25) is 11.9 Å². The number of nitrogen functional groups attached to an aromatic ring is 1. The average Bonchev–Trinajstić information content (AvgIpc) is 2.79. The second kappa shape index (κ2) is 8.98. The summed E-state index contributed by atoms with van der Waals surface area (Å²) in [6.07, 6.45) is -0.378. The highest BCUT2D eigenvalue weighted by molar-refractivity contribution is 5.80. The maximum absolute atomic E-state index is 13.3. The average molecular weight is 440 g/mol. The van der Waals surface area contributed by atoms with Crippen LogP contribution in [0.15, 0.2) is 60.8 Å². The summed E-state index contributed by atoms with van der Waals surface area (Å²) in [7, 11) is 0. The van der Waals surface area contributed by atoms with Crippen molar-refractivity contribution in [3.8, 4) is 11.1 Å². The number of carbonyl (C=O) groups is 1. The third-order valence-electron chi connectivity index (χ3n) is 5.67. The Labute approximate surface area is 184 Å². The van der Waals surface area contributed by atoms with Gasteiger partial charge in [-0.1, -0.05) is 42.5 Å². The molecule has 32 heavy (non-hydrogen) atoms. The molecule has 0 aliphatic carbocycles. The predicted molar refractivity (Wildman–Crippen MR) is 115 cm³/mol. The number of hydrogen-bond donors (Lipinski definition) is 1. The number of rotatable bonds is 4. The van der Waals surface area contributed by atoms with Gasteiger partial charge in [-0.15, -0.1) is 0 Å². The van der Waals surface area contributed by atoms with Crippen molar-refractivity contribution in [2.45, 2.75) is 37.9 Å². The molecule has 3 aromatic rings. The van der Waals surface area contributed by atoms with Crippen molar-refractivity contribution in [3.05, 3.63) is 77.6 Å². The second-order valence-electron chi connectivity index (χ2n) is 7.87. The Bertz CT molecular complexity index is 1100. The van der Waals surface area contributed by atoms with E-state index in [1.54, 1.807) is 11.0 Å². The van der Waals surface area contributed by atoms with Gasteiger partial charge >= 0.3 is 6.18 Å². The highest BCUT2D eigenvalue weighted by atomic mass is 19.4. The Morgan fingerprint density at radius 2 is 1.88 bits per heavy atom. The van der Waals surface area contributed by atoms with Gasteiger partial charge in [0.05, 0.1) is 23.7 Å². The summed E-state index contributed by atoms with van der Waals surface area (Å²) < 4.78 is 39.8. The van der Waals surface area contributed by atoms with Crippen molar-refractivity contribution in [3.63, 3.8) is 0 Å². The Hall–Kier alpha value is -3.42. The number of likely N-dealkylation sites (tertiary alicyclic amines) is 1. The topological polar surface area (TPSA) is 72.1 Å². The fraction of sp³-hybridized carbons (Fsp3) is 0.292. The Kier molecular flexibility index (Phi) is 6.12. The molecule has 0 unspecified atom stereocenters. The van der Waals surface area contributed by atoms with Gasteiger partial charge < -0.3 is 10.6 Å². The lowest BCUT2D eigenvalue weighted by Gasteiger charge is -2.36. The first-order valence-corrected chi connectivity index (χ1v) is 10.5. The number of nitrogens with zero attached hydrogens (tertiary/aromatic N) is 3. The van der Waals surface area contributed by atoms with Crippen molar-refractivity contribution in [1.29, 1.82) is 0 Å². The van der Waals surface area contributed by atoms with Crippen LogP contribution >= 0.6 is 0 Å². The van der Waals surface area contributed by atoms with Gasteiger partial charge in [-0.05, 0) is 42.5 Å². The summed E-state index contributed by atoms with van der Waals surface area (Å²) >= 11 is 0. The van der Waals surface area contributed by atoms with Gasteiger partial charge in [-0.25, -0.2) is 9.97 Å². The fourth-order valence-electron chi connectivity index (χ4n) is 4.14. The number of halogens is 3. The number of nitrogens with two attached hydrogens (primary N) is 1. The molecule has 1 saturated heterocycles. The third-order valence-corrected chi connectivity index (χ3v) is 5.67. The zero-order chi connectivity index (χ0) is 22.7. The SMILES string of the molecule is Nc1ncc(-c2cccc(C(F)(F)F)c2)c([C@@H]2CCCCN2C(=O)Cc2ccccc2)n1. The molecule has 8 heteroatoms. The van der Waals surface area contributed by atoms with Crippen molar-refractivity contribution in [2.24, 2.45) is 0 Å². The van der Waals surface area contributed by atoms with E-state index in [1.807, 2.05) is 30.3 Å². The lowest BCUT2D eigenvalue weighted by atomic mass is 9.92. The molecule has 1 aromatic heterocycles. The molecule has 1 aliphatic rings. The van der Waals surface area contributed by atoms with Crippen molar-refractivity contribution < 1.29 is 18.0 Å². The smallest absolute Gasteiger partial charge is 0.368 e. The number of benzene rings is 2. The first-order valence-electron chi connectivity index (χ1n) is 10.5. The van der Waals surface area contributed by atoms with Gasteiger partial charge in [0, 0.05) is 18.3 Å². The van der Waals surface area contributed by atoms with E-state index in [9.17, 15) is 18.0 Å². The van der Waals surface area contributed by atoms with Crippen LogP contribution in [-0.2, 0) is 17.4 Å². The highest BCUT2D eigenvalue weighted by Crippen LogP contribution is 2.38. The molecule has 0 radical (unpaired) electrons. The van der Waals surface area contributed by atoms with E-state index < -0.39 is 11.7 Å². The number of piperidine rings is 1. The Balaban J connectivity index is 1.72. The lowest BCUT2D eigenvalue weighted by Crippen LogP contribution is -2.40. The van der Waals surface area contributed by atoms with Crippen LogP contribution in [0, 0.1) is 0 Å². The van der Waals surface area contributed by atoms with E-state index in [0.29, 0.717) is 29.8 Å². The standard InChI is InChI=1S/C24H23F3N4O/c25-24(26,27)18-10-6-9-17(14-18)19-15-29-23(28)30-22(19)20-11-4-5-12-31(20)21(32)13-16-7-2-1-3-8-16/h1-3,6-10,14-15,20H,4-5,11-13H2,(H2,28,29,30)/t20-/m0/s1. The third kappa shape index (κ3) is 4.74. The molecular weight excluding hydrogens is 417 g/mol. The van der Waals surface area contributed by atoms with E-state index in [1.165, 1.54) is 12.3 Å². The molecule has 4 rings (SSSR count). The molecule has 166 valence electrons. The fourth-order valence-corrected chi connectivity index (χ4v) is 4.14. The number of anilines is 1. The molecule has 1 atom stereocenters. The minimum Gasteiger partial charge on any atom is -0.368 e. The van der Waals surface area contributed by atoms with E-state index in [4.69, 9.17) is 5.73 Å². The van der Waals surface area contributed by atoms with Crippen LogP contribution in [0.1, 0.15) is 42.1 Å². The molecular formula is C24H23F3N4O. The molecule has 2 aromatic carbocycles. The van der Waals surface area contributed by atoms with Gasteiger partial charge in [-0.2, -0.15) is 13.2 Å². The number of alkyl halides is 3. The number of amides is 1. The summed E-state index contributed by atoms with van der Waals surface area (Å²) in [5, 5.41) is 0. The lowest BCUT2D eigenvalue weighted by molar-refractivity contribution is -0.137. The van der Waals surface area contributed by atoms with Crippen LogP contribution in [-0.4, -0.2) is 27.3 Å². The van der Waals surface area contributed by atoms with Crippen LogP contribution in [0.4, 0.5) is 19.1 Å². The van der Waals surface area contributed by atoms with Gasteiger partial charge in [0.15, 0.2) is 0 Å². The number of hydrogen-bond acceptors (Lipinski definition) is 4. The van der Waals surface area contributed by atoms with Crippen molar-refractivity contribution in [2.75, 3.05) is 12.3 Å². The molecule has 1 aliphatic heterocycles. The molecule has 2 N–H and O–H groups in total. The molecule has 1 fully saturated rings. The molecule has 2 heterocycles. The molecule has 5 nitrogen and oxygen atoms in total. The van der Waals surface area contributed by atoms with Crippen LogP contribution in [0.3, 0.4) is 0 Å². The number of aromatic nitrogens is 2. The van der Waals surface area contributed by atoms with E-state index in [-0.39, 0.29) is 24.3 Å². The molecule has 0 saturated carbocycles. The summed E-state index contributed by atoms with van der Waals surface area (Å²) in [6.45, 7) is 0.558. The molecule has 0 spiro atoms. The Morgan fingerprint density at radius 1 is 1.09 bits per heavy atom. The quantitative estimate of drug-likeness (QED) is 0.617. The largest absolute Gasteiger partial charge is 0.416 e. The maximum atomic E-state index is 13.3. The van der Waals surface area contributed by atoms with E-state index >= 15 is 0 Å². The van der Waals surface area contributed by atoms with Crippen molar-refractivity contribution >= 4 is 11.9 Å². The van der Waals surface area contributed by atoms with Crippen molar-refractivity contribution in [1.82, 2.24) is 14.9 Å².